The second-order valence-electron chi connectivity index (χ2n) is 5.62. The number of hydrogen-bond acceptors (Lipinski definition) is 3. The van der Waals surface area contributed by atoms with E-state index in [2.05, 4.69) is 34.9 Å². The van der Waals surface area contributed by atoms with E-state index < -0.39 is 0 Å². The van der Waals surface area contributed by atoms with Crippen molar-refractivity contribution in [3.05, 3.63) is 64.6 Å². The van der Waals surface area contributed by atoms with Crippen molar-refractivity contribution in [1.29, 1.82) is 0 Å². The molecule has 1 N–H and O–H groups in total. The smallest absolute Gasteiger partial charge is 0.0658 e. The van der Waals surface area contributed by atoms with E-state index in [1.54, 1.807) is 0 Å². The van der Waals surface area contributed by atoms with Crippen LogP contribution in [0.25, 0.3) is 0 Å². The lowest BCUT2D eigenvalue weighted by Crippen LogP contribution is -2.22. The number of rotatable bonds is 1. The van der Waals surface area contributed by atoms with Gasteiger partial charge < -0.3 is 5.32 Å². The van der Waals surface area contributed by atoms with E-state index in [1.807, 2.05) is 24.3 Å². The first-order chi connectivity index (χ1) is 10.9. The highest BCUT2D eigenvalue weighted by molar-refractivity contribution is 5.54. The van der Waals surface area contributed by atoms with Crippen LogP contribution in [0.15, 0.2) is 53.8 Å². The zero-order chi connectivity index (χ0) is 15.2. The number of fused-ring (bicyclic) bond motifs is 2. The van der Waals surface area contributed by atoms with E-state index in [4.69, 9.17) is 0 Å². The summed E-state index contributed by atoms with van der Waals surface area (Å²) < 4.78 is 0. The summed E-state index contributed by atoms with van der Waals surface area (Å²) in [6.07, 6.45) is 4.59. The van der Waals surface area contributed by atoms with Crippen molar-refractivity contribution in [3.8, 4) is 0 Å². The van der Waals surface area contributed by atoms with Gasteiger partial charge in [-0.3, -0.25) is 0 Å². The van der Waals surface area contributed by atoms with E-state index in [1.165, 1.54) is 34.7 Å². The summed E-state index contributed by atoms with van der Waals surface area (Å²) in [5, 5.41) is 7.86. The fraction of sp³-hybridized carbons (Fsp3) is 0.333. The van der Waals surface area contributed by atoms with Gasteiger partial charge in [-0.2, -0.15) is 0 Å². The van der Waals surface area contributed by atoms with Crippen LogP contribution in [0.1, 0.15) is 24.0 Å². The van der Waals surface area contributed by atoms with Gasteiger partial charge in [0.25, 0.3) is 0 Å². The normalized spacial score (nSPS) is 15.5. The molecule has 0 atom stereocenters. The first-order valence-electron chi connectivity index (χ1n) is 7.89. The van der Waals surface area contributed by atoms with Gasteiger partial charge in [0.05, 0.1) is 11.0 Å². The Bertz CT molecular complexity index is 617. The molecule has 0 spiro atoms. The Morgan fingerprint density at radius 1 is 0.909 bits per heavy atom. The number of nitrogens with zero attached hydrogens (tertiary/aromatic N) is 2. The van der Waals surface area contributed by atoms with Crippen LogP contribution in [0.5, 0.6) is 0 Å². The molecule has 2 aromatic rings. The van der Waals surface area contributed by atoms with Crippen LogP contribution >= 0.6 is 0 Å². The van der Waals surface area contributed by atoms with Gasteiger partial charge in [-0.25, -0.2) is 5.01 Å². The average molecular weight is 295 g/mol. The zero-order valence-electron chi connectivity index (χ0n) is 12.7. The Morgan fingerprint density at radius 2 is 1.64 bits per heavy atom. The van der Waals surface area contributed by atoms with E-state index in [9.17, 15) is 4.91 Å². The fourth-order valence-electron chi connectivity index (χ4n) is 3.01. The molecule has 0 saturated heterocycles. The molecule has 2 heterocycles. The molecule has 4 rings (SSSR count). The van der Waals surface area contributed by atoms with Crippen LogP contribution in [-0.2, 0) is 12.8 Å². The highest BCUT2D eigenvalue weighted by atomic mass is 16.3. The quantitative estimate of drug-likeness (QED) is 0.803. The molecule has 4 nitrogen and oxygen atoms in total. The Labute approximate surface area is 131 Å². The van der Waals surface area contributed by atoms with Crippen molar-refractivity contribution in [2.45, 2.75) is 25.7 Å². The second-order valence-corrected chi connectivity index (χ2v) is 5.62. The molecule has 0 bridgehead atoms. The van der Waals surface area contributed by atoms with Crippen LogP contribution in [0.2, 0.25) is 0 Å². The minimum Gasteiger partial charge on any atom is -0.385 e. The summed E-state index contributed by atoms with van der Waals surface area (Å²) in [6, 6.07) is 16.4. The third-order valence-electron chi connectivity index (χ3n) is 4.14. The monoisotopic (exact) mass is 295 g/mol. The van der Waals surface area contributed by atoms with Crippen molar-refractivity contribution in [2.75, 3.05) is 23.4 Å². The Kier molecular flexibility index (Phi) is 4.68. The van der Waals surface area contributed by atoms with Gasteiger partial charge in [-0.1, -0.05) is 36.4 Å². The first-order valence-corrected chi connectivity index (χ1v) is 7.89. The van der Waals surface area contributed by atoms with Crippen LogP contribution in [0, 0.1) is 4.91 Å². The van der Waals surface area contributed by atoms with Crippen molar-refractivity contribution < 1.29 is 0 Å². The van der Waals surface area contributed by atoms with Crippen molar-refractivity contribution in [2.24, 2.45) is 5.29 Å². The SMILES string of the molecule is O=NN1CCCc2ccccc21.c1ccc2c(c1)CCCN2. The van der Waals surface area contributed by atoms with Crippen molar-refractivity contribution in [1.82, 2.24) is 0 Å². The zero-order valence-corrected chi connectivity index (χ0v) is 12.7. The summed E-state index contributed by atoms with van der Waals surface area (Å²) in [4.78, 5) is 10.4. The number of hydrogen-bond donors (Lipinski definition) is 1. The lowest BCUT2D eigenvalue weighted by atomic mass is 10.0. The van der Waals surface area contributed by atoms with Crippen molar-refractivity contribution >= 4 is 11.4 Å². The minimum atomic E-state index is 0.751. The van der Waals surface area contributed by atoms with Gasteiger partial charge in [0, 0.05) is 18.8 Å². The third-order valence-corrected chi connectivity index (χ3v) is 4.14. The molecule has 4 heteroatoms. The number of benzene rings is 2. The number of aryl methyl sites for hydroxylation is 2. The Balaban J connectivity index is 0.000000133. The topological polar surface area (TPSA) is 44.7 Å². The number of para-hydroxylation sites is 2. The van der Waals surface area contributed by atoms with Gasteiger partial charge in [0.15, 0.2) is 0 Å². The van der Waals surface area contributed by atoms with E-state index in [0.29, 0.717) is 0 Å². The van der Waals surface area contributed by atoms with Gasteiger partial charge in [0.2, 0.25) is 0 Å². The first kappa shape index (κ1) is 14.6. The fourth-order valence-corrected chi connectivity index (χ4v) is 3.01. The van der Waals surface area contributed by atoms with Gasteiger partial charge in [-0.15, -0.1) is 4.91 Å². The van der Waals surface area contributed by atoms with E-state index >= 15 is 0 Å². The van der Waals surface area contributed by atoms with E-state index in [0.717, 1.165) is 31.6 Å². The highest BCUT2D eigenvalue weighted by Crippen LogP contribution is 2.26. The Hall–Kier alpha value is -2.36. The lowest BCUT2D eigenvalue weighted by Gasteiger charge is -2.23. The molecule has 0 radical (unpaired) electrons. The predicted octanol–water partition coefficient (Wildman–Crippen LogP) is 4.17. The van der Waals surface area contributed by atoms with Crippen LogP contribution in [0.4, 0.5) is 11.4 Å². The van der Waals surface area contributed by atoms with Gasteiger partial charge >= 0.3 is 0 Å². The number of anilines is 2. The molecular formula is C18H21N3O. The molecule has 2 aliphatic rings. The summed E-state index contributed by atoms with van der Waals surface area (Å²) in [5.41, 5.74) is 4.99. The highest BCUT2D eigenvalue weighted by Gasteiger charge is 2.15. The number of nitrogens with one attached hydrogen (secondary N) is 1. The summed E-state index contributed by atoms with van der Waals surface area (Å²) in [7, 11) is 0. The minimum absolute atomic E-state index is 0.751. The largest absolute Gasteiger partial charge is 0.385 e. The molecule has 114 valence electrons. The third kappa shape index (κ3) is 3.27. The van der Waals surface area contributed by atoms with Crippen LogP contribution in [-0.4, -0.2) is 13.1 Å². The maximum absolute atomic E-state index is 10.4. The molecular weight excluding hydrogens is 274 g/mol. The molecule has 0 saturated carbocycles. The molecule has 0 aliphatic carbocycles. The van der Waals surface area contributed by atoms with Crippen LogP contribution < -0.4 is 10.3 Å². The Morgan fingerprint density at radius 3 is 2.45 bits per heavy atom. The summed E-state index contributed by atoms with van der Waals surface area (Å²) in [6.45, 7) is 1.89. The maximum atomic E-state index is 10.4. The van der Waals surface area contributed by atoms with Crippen molar-refractivity contribution in [3.63, 3.8) is 0 Å². The lowest BCUT2D eigenvalue weighted by molar-refractivity contribution is 0.712. The maximum Gasteiger partial charge on any atom is 0.0658 e. The van der Waals surface area contributed by atoms with E-state index in [-0.39, 0.29) is 0 Å². The van der Waals surface area contributed by atoms with Gasteiger partial charge in [-0.05, 0) is 48.9 Å². The predicted molar refractivity (Wildman–Crippen MR) is 91.2 cm³/mol. The van der Waals surface area contributed by atoms with Crippen LogP contribution in [0.3, 0.4) is 0 Å². The summed E-state index contributed by atoms with van der Waals surface area (Å²) >= 11 is 0. The molecule has 0 amide bonds. The summed E-state index contributed by atoms with van der Waals surface area (Å²) in [5.74, 6) is 0. The second kappa shape index (κ2) is 7.07. The molecule has 2 aromatic carbocycles. The molecule has 0 unspecified atom stereocenters. The molecule has 22 heavy (non-hydrogen) atoms. The number of nitroso groups, excluding NO2 is 1. The molecule has 0 fully saturated rings. The van der Waals surface area contributed by atoms with Gasteiger partial charge in [0.1, 0.15) is 0 Å². The standard InChI is InChI=1S/C9H10N2O.C9H11N/c12-10-11-7-3-5-8-4-1-2-6-9(8)11;1-2-6-9-8(4-1)5-3-7-10-9/h1-2,4,6H,3,5,7H2;1-2,4,6,10H,3,5,7H2. The average Bonchev–Trinajstić information content (AvgIpc) is 2.62. The molecule has 0 aromatic heterocycles. The molecule has 2 aliphatic heterocycles.